The van der Waals surface area contributed by atoms with Crippen LogP contribution in [0.5, 0.6) is 0 Å². The van der Waals surface area contributed by atoms with Gasteiger partial charge in [0.25, 0.3) is 5.91 Å². The number of hydrogen-bond donors (Lipinski definition) is 1. The van der Waals surface area contributed by atoms with Crippen molar-refractivity contribution in [3.8, 4) is 0 Å². The molecule has 1 atom stereocenters. The van der Waals surface area contributed by atoms with Gasteiger partial charge < -0.3 is 15.2 Å². The third kappa shape index (κ3) is 3.39. The van der Waals surface area contributed by atoms with E-state index in [9.17, 15) is 4.79 Å². The van der Waals surface area contributed by atoms with Gasteiger partial charge in [-0.1, -0.05) is 11.2 Å². The molecule has 0 spiro atoms. The van der Waals surface area contributed by atoms with Gasteiger partial charge in [0, 0.05) is 24.3 Å². The zero-order valence-corrected chi connectivity index (χ0v) is 13.2. The summed E-state index contributed by atoms with van der Waals surface area (Å²) >= 11 is 0. The minimum Gasteiger partial charge on any atom is -0.399 e. The third-order valence-corrected chi connectivity index (χ3v) is 3.73. The smallest absolute Gasteiger partial charge is 0.253 e. The molecule has 1 aliphatic heterocycles. The highest BCUT2D eigenvalue weighted by Gasteiger charge is 2.28. The van der Waals surface area contributed by atoms with E-state index in [2.05, 4.69) is 10.1 Å². The summed E-state index contributed by atoms with van der Waals surface area (Å²) in [5.74, 6) is 1.37. The monoisotopic (exact) mass is 322 g/mol. The standard InChI is InChI=1S/C15H18N4O2.ClH/c1-10-17-14(21-18-10)12-5-3-7-19(9-12)15(20)11-4-2-6-13(16)8-11;/h2,4,6,8,12H,3,5,7,9,16H2,1H3;1H. The summed E-state index contributed by atoms with van der Waals surface area (Å²) in [4.78, 5) is 18.7. The maximum Gasteiger partial charge on any atom is 0.253 e. The average molecular weight is 323 g/mol. The van der Waals surface area contributed by atoms with Gasteiger partial charge in [-0.15, -0.1) is 12.4 Å². The zero-order chi connectivity index (χ0) is 14.8. The number of aryl methyl sites for hydroxylation is 1. The van der Waals surface area contributed by atoms with Crippen molar-refractivity contribution >= 4 is 24.0 Å². The van der Waals surface area contributed by atoms with Crippen molar-refractivity contribution in [1.82, 2.24) is 15.0 Å². The van der Waals surface area contributed by atoms with Crippen molar-refractivity contribution in [1.29, 1.82) is 0 Å². The number of likely N-dealkylation sites (tertiary alicyclic amines) is 1. The lowest BCUT2D eigenvalue weighted by Gasteiger charge is -2.31. The largest absolute Gasteiger partial charge is 0.399 e. The van der Waals surface area contributed by atoms with E-state index in [1.54, 1.807) is 31.2 Å². The number of carbonyl (C=O) groups excluding carboxylic acids is 1. The number of halogens is 1. The van der Waals surface area contributed by atoms with Crippen LogP contribution < -0.4 is 5.73 Å². The van der Waals surface area contributed by atoms with Crippen molar-refractivity contribution < 1.29 is 9.32 Å². The van der Waals surface area contributed by atoms with Gasteiger partial charge in [0.2, 0.25) is 5.89 Å². The summed E-state index contributed by atoms with van der Waals surface area (Å²) in [6, 6.07) is 7.07. The molecule has 1 aliphatic rings. The molecule has 1 saturated heterocycles. The third-order valence-electron chi connectivity index (χ3n) is 3.73. The molecule has 0 bridgehead atoms. The van der Waals surface area contributed by atoms with Gasteiger partial charge in [0.05, 0.1) is 5.92 Å². The topological polar surface area (TPSA) is 85.2 Å². The van der Waals surface area contributed by atoms with Crippen molar-refractivity contribution in [2.24, 2.45) is 0 Å². The molecule has 0 aliphatic carbocycles. The van der Waals surface area contributed by atoms with E-state index in [0.717, 1.165) is 19.4 Å². The summed E-state index contributed by atoms with van der Waals surface area (Å²) in [7, 11) is 0. The number of nitrogens with two attached hydrogens (primary N) is 1. The first kappa shape index (κ1) is 16.3. The molecule has 6 nitrogen and oxygen atoms in total. The maximum absolute atomic E-state index is 12.5. The first-order chi connectivity index (χ1) is 10.1. The minimum atomic E-state index is 0. The van der Waals surface area contributed by atoms with Crippen molar-refractivity contribution in [2.45, 2.75) is 25.7 Å². The lowest BCUT2D eigenvalue weighted by atomic mass is 9.97. The van der Waals surface area contributed by atoms with Crippen LogP contribution in [0.25, 0.3) is 0 Å². The Morgan fingerprint density at radius 3 is 2.95 bits per heavy atom. The van der Waals surface area contributed by atoms with Gasteiger partial charge in [-0.05, 0) is 38.0 Å². The number of carbonyl (C=O) groups is 1. The Hall–Kier alpha value is -2.08. The maximum atomic E-state index is 12.5. The van der Waals surface area contributed by atoms with Crippen LogP contribution in [0.1, 0.15) is 40.8 Å². The molecule has 3 rings (SSSR count). The highest BCUT2D eigenvalue weighted by molar-refractivity contribution is 5.95. The molecule has 1 unspecified atom stereocenters. The van der Waals surface area contributed by atoms with Crippen LogP contribution in [-0.4, -0.2) is 34.0 Å². The summed E-state index contributed by atoms with van der Waals surface area (Å²) < 4.78 is 5.24. The number of anilines is 1. The normalized spacial score (nSPS) is 17.9. The van der Waals surface area contributed by atoms with Crippen molar-refractivity contribution in [3.63, 3.8) is 0 Å². The SMILES string of the molecule is Cc1noc(C2CCCN(C(=O)c3cccc(N)c3)C2)n1.Cl. The van der Waals surface area contributed by atoms with E-state index in [0.29, 0.717) is 29.5 Å². The van der Waals surface area contributed by atoms with Crippen LogP contribution in [-0.2, 0) is 0 Å². The van der Waals surface area contributed by atoms with Crippen molar-refractivity contribution in [2.75, 3.05) is 18.8 Å². The molecular weight excluding hydrogens is 304 g/mol. The van der Waals surface area contributed by atoms with Crippen LogP contribution in [0.2, 0.25) is 0 Å². The summed E-state index contributed by atoms with van der Waals surface area (Å²) in [6.45, 7) is 3.15. The number of aromatic nitrogens is 2. The van der Waals surface area contributed by atoms with E-state index in [-0.39, 0.29) is 24.2 Å². The fourth-order valence-corrected chi connectivity index (χ4v) is 2.70. The second-order valence-corrected chi connectivity index (χ2v) is 5.40. The van der Waals surface area contributed by atoms with E-state index in [1.165, 1.54) is 0 Å². The molecule has 118 valence electrons. The number of amides is 1. The first-order valence-electron chi connectivity index (χ1n) is 7.08. The Balaban J connectivity index is 0.00000176. The van der Waals surface area contributed by atoms with Crippen LogP contribution in [0.15, 0.2) is 28.8 Å². The number of hydrogen-bond acceptors (Lipinski definition) is 5. The van der Waals surface area contributed by atoms with Gasteiger partial charge in [-0.2, -0.15) is 4.98 Å². The first-order valence-corrected chi connectivity index (χ1v) is 7.08. The second-order valence-electron chi connectivity index (χ2n) is 5.40. The zero-order valence-electron chi connectivity index (χ0n) is 12.4. The Labute approximate surface area is 135 Å². The number of piperidine rings is 1. The second kappa shape index (κ2) is 6.79. The molecule has 1 aromatic carbocycles. The number of benzene rings is 1. The quantitative estimate of drug-likeness (QED) is 0.858. The van der Waals surface area contributed by atoms with E-state index in [4.69, 9.17) is 10.3 Å². The van der Waals surface area contributed by atoms with Gasteiger partial charge in [-0.25, -0.2) is 0 Å². The fraction of sp³-hybridized carbons (Fsp3) is 0.400. The van der Waals surface area contributed by atoms with E-state index >= 15 is 0 Å². The lowest BCUT2D eigenvalue weighted by molar-refractivity contribution is 0.0695. The molecule has 1 fully saturated rings. The summed E-state index contributed by atoms with van der Waals surface area (Å²) in [5, 5.41) is 3.83. The minimum absolute atomic E-state index is 0. The Morgan fingerprint density at radius 1 is 1.45 bits per heavy atom. The van der Waals surface area contributed by atoms with Crippen LogP contribution >= 0.6 is 12.4 Å². The molecular formula is C15H19ClN4O2. The Kier molecular flexibility index (Phi) is 5.03. The molecule has 1 amide bonds. The summed E-state index contributed by atoms with van der Waals surface area (Å²) in [6.07, 6.45) is 1.89. The fourth-order valence-electron chi connectivity index (χ4n) is 2.70. The van der Waals surface area contributed by atoms with Gasteiger partial charge in [0.15, 0.2) is 5.82 Å². The average Bonchev–Trinajstić information content (AvgIpc) is 2.93. The predicted octanol–water partition coefficient (Wildman–Crippen LogP) is 2.40. The molecule has 1 aromatic heterocycles. The number of nitrogen functional groups attached to an aromatic ring is 1. The molecule has 2 heterocycles. The highest BCUT2D eigenvalue weighted by Crippen LogP contribution is 2.26. The highest BCUT2D eigenvalue weighted by atomic mass is 35.5. The molecule has 2 N–H and O–H groups in total. The number of rotatable bonds is 2. The van der Waals surface area contributed by atoms with E-state index < -0.39 is 0 Å². The molecule has 0 radical (unpaired) electrons. The van der Waals surface area contributed by atoms with Gasteiger partial charge in [0.1, 0.15) is 0 Å². The van der Waals surface area contributed by atoms with Crippen LogP contribution in [0, 0.1) is 6.92 Å². The lowest BCUT2D eigenvalue weighted by Crippen LogP contribution is -2.39. The van der Waals surface area contributed by atoms with Crippen LogP contribution in [0.4, 0.5) is 5.69 Å². The van der Waals surface area contributed by atoms with Crippen molar-refractivity contribution in [3.05, 3.63) is 41.5 Å². The molecule has 2 aromatic rings. The van der Waals surface area contributed by atoms with Gasteiger partial charge in [-0.3, -0.25) is 4.79 Å². The molecule has 7 heteroatoms. The molecule has 22 heavy (non-hydrogen) atoms. The Bertz CT molecular complexity index is 658. The van der Waals surface area contributed by atoms with E-state index in [1.807, 2.05) is 4.90 Å². The van der Waals surface area contributed by atoms with Gasteiger partial charge >= 0.3 is 0 Å². The number of nitrogens with zero attached hydrogens (tertiary/aromatic N) is 3. The predicted molar refractivity (Wildman–Crippen MR) is 85.0 cm³/mol. The summed E-state index contributed by atoms with van der Waals surface area (Å²) in [5.41, 5.74) is 6.96. The van der Waals surface area contributed by atoms with Crippen LogP contribution in [0.3, 0.4) is 0 Å². The molecule has 0 saturated carbocycles. The Morgan fingerprint density at radius 2 is 2.27 bits per heavy atom.